The Morgan fingerprint density at radius 2 is 2.11 bits per heavy atom. The van der Waals surface area contributed by atoms with E-state index in [2.05, 4.69) is 11.4 Å². The monoisotopic (exact) mass is 404 g/mol. The zero-order valence-corrected chi connectivity index (χ0v) is 16.4. The van der Waals surface area contributed by atoms with Gasteiger partial charge in [-0.3, -0.25) is 0 Å². The lowest BCUT2D eigenvalue weighted by atomic mass is 9.95. The van der Waals surface area contributed by atoms with Gasteiger partial charge < -0.3 is 15.1 Å². The van der Waals surface area contributed by atoms with Crippen molar-refractivity contribution in [2.24, 2.45) is 0 Å². The molecular weight excluding hydrogens is 382 g/mol. The first kappa shape index (κ1) is 20.3. The highest BCUT2D eigenvalue weighted by atomic mass is 32.1. The highest BCUT2D eigenvalue weighted by Crippen LogP contribution is 2.33. The van der Waals surface area contributed by atoms with Crippen LogP contribution in [-0.2, 0) is 5.92 Å². The van der Waals surface area contributed by atoms with Crippen molar-refractivity contribution in [2.75, 3.05) is 5.32 Å². The van der Waals surface area contributed by atoms with Gasteiger partial charge in [0.1, 0.15) is 10.6 Å². The number of halogens is 2. The number of allylic oxidation sites excluding steroid dienone is 2. The highest BCUT2D eigenvalue weighted by Gasteiger charge is 2.28. The fourth-order valence-electron chi connectivity index (χ4n) is 3.34. The second kappa shape index (κ2) is 8.31. The molecule has 2 N–H and O–H groups in total. The average Bonchev–Trinajstić information content (AvgIpc) is 2.65. The van der Waals surface area contributed by atoms with Gasteiger partial charge in [0.05, 0.1) is 5.71 Å². The van der Waals surface area contributed by atoms with Crippen LogP contribution in [0.4, 0.5) is 14.5 Å². The molecule has 1 aliphatic carbocycles. The average molecular weight is 404 g/mol. The Hall–Kier alpha value is -2.41. The number of alkyl halides is 2. The third kappa shape index (κ3) is 4.90. The summed E-state index contributed by atoms with van der Waals surface area (Å²) in [5.41, 5.74) is 1.02. The molecule has 3 rings (SSSR count). The first-order chi connectivity index (χ1) is 13.2. The first-order valence-corrected chi connectivity index (χ1v) is 9.68. The Labute approximate surface area is 167 Å². The lowest BCUT2D eigenvalue weighted by Crippen LogP contribution is -2.20. The van der Waals surface area contributed by atoms with Gasteiger partial charge in [0.15, 0.2) is 0 Å². The molecule has 0 amide bonds. The molecule has 0 saturated carbocycles. The normalized spacial score (nSPS) is 14.6. The number of thiocarbonyl (C=S) groups is 1. The highest BCUT2D eigenvalue weighted by molar-refractivity contribution is 7.82. The molecule has 7 heteroatoms. The van der Waals surface area contributed by atoms with Crippen molar-refractivity contribution < 1.29 is 13.2 Å². The fraction of sp³-hybridized carbons (Fsp3) is 0.381. The Kier molecular flexibility index (Phi) is 6.03. The third-order valence-electron chi connectivity index (χ3n) is 4.83. The van der Waals surface area contributed by atoms with Crippen molar-refractivity contribution in [3.63, 3.8) is 0 Å². The van der Waals surface area contributed by atoms with Crippen LogP contribution in [0.5, 0.6) is 0 Å². The van der Waals surface area contributed by atoms with Crippen molar-refractivity contribution in [3.8, 4) is 0 Å². The molecule has 0 atom stereocenters. The quantitative estimate of drug-likeness (QED) is 0.270. The molecule has 1 aliphatic rings. The van der Waals surface area contributed by atoms with Crippen molar-refractivity contribution in [1.82, 2.24) is 0 Å². The van der Waals surface area contributed by atoms with Crippen LogP contribution in [0.1, 0.15) is 51.0 Å². The summed E-state index contributed by atoms with van der Waals surface area (Å²) in [6.45, 7) is 0.738. The summed E-state index contributed by atoms with van der Waals surface area (Å²) in [6.07, 6.45) is 8.20. The molecule has 0 unspecified atom stereocenters. The van der Waals surface area contributed by atoms with Gasteiger partial charge in [0.2, 0.25) is 0 Å². The number of rotatable bonds is 6. The second-order valence-corrected chi connectivity index (χ2v) is 7.53. The molecule has 0 saturated heterocycles. The van der Waals surface area contributed by atoms with E-state index in [0.29, 0.717) is 17.8 Å². The number of hydrogen-bond acceptors (Lipinski definition) is 4. The van der Waals surface area contributed by atoms with Crippen LogP contribution in [0.3, 0.4) is 0 Å². The molecule has 1 aromatic carbocycles. The lowest BCUT2D eigenvalue weighted by Gasteiger charge is -2.15. The van der Waals surface area contributed by atoms with Gasteiger partial charge in [-0.05, 0) is 56.7 Å². The molecule has 28 heavy (non-hydrogen) atoms. The summed E-state index contributed by atoms with van der Waals surface area (Å²) in [4.78, 5) is 11.8. The molecular formula is C21H22F2N2O2S. The molecule has 0 radical (unpaired) electrons. The maximum atomic E-state index is 13.9. The fourth-order valence-corrected chi connectivity index (χ4v) is 3.56. The van der Waals surface area contributed by atoms with Crippen LogP contribution in [0.2, 0.25) is 0 Å². The van der Waals surface area contributed by atoms with Crippen LogP contribution in [0, 0.1) is 5.41 Å². The molecule has 0 spiro atoms. The van der Waals surface area contributed by atoms with Crippen LogP contribution in [0.15, 0.2) is 45.1 Å². The zero-order valence-electron chi connectivity index (χ0n) is 15.6. The minimum Gasteiger partial charge on any atom is -0.423 e. The van der Waals surface area contributed by atoms with Crippen molar-refractivity contribution >= 4 is 39.6 Å². The topological polar surface area (TPSA) is 66.1 Å². The van der Waals surface area contributed by atoms with E-state index in [1.807, 2.05) is 0 Å². The van der Waals surface area contributed by atoms with E-state index >= 15 is 0 Å². The Morgan fingerprint density at radius 1 is 1.32 bits per heavy atom. The van der Waals surface area contributed by atoms with Crippen molar-refractivity contribution in [1.29, 1.82) is 5.41 Å². The Morgan fingerprint density at radius 3 is 2.79 bits per heavy atom. The van der Waals surface area contributed by atoms with E-state index in [1.165, 1.54) is 30.5 Å². The number of benzene rings is 1. The molecule has 4 nitrogen and oxygen atoms in total. The molecule has 0 fully saturated rings. The lowest BCUT2D eigenvalue weighted by molar-refractivity contribution is 0.0186. The molecule has 2 aromatic rings. The second-order valence-electron chi connectivity index (χ2n) is 7.12. The summed E-state index contributed by atoms with van der Waals surface area (Å²) in [6, 6.07) is 5.32. The summed E-state index contributed by atoms with van der Waals surface area (Å²) < 4.78 is 32.8. The van der Waals surface area contributed by atoms with Crippen molar-refractivity contribution in [2.45, 2.75) is 51.4 Å². The van der Waals surface area contributed by atoms with Gasteiger partial charge >= 0.3 is 5.63 Å². The summed E-state index contributed by atoms with van der Waals surface area (Å²) in [5, 5.41) is 11.3. The van der Waals surface area contributed by atoms with Crippen LogP contribution in [-0.4, -0.2) is 10.7 Å². The maximum Gasteiger partial charge on any atom is 0.336 e. The first-order valence-electron chi connectivity index (χ1n) is 9.27. The van der Waals surface area contributed by atoms with Gasteiger partial charge in [-0.25, -0.2) is 13.6 Å². The SMILES string of the molecule is CC(F)(F)c1cc(=O)oc2ccc(NC(=S)C(=N)CCC3=CCCCC3)cc12. The van der Waals surface area contributed by atoms with Gasteiger partial charge in [0.25, 0.3) is 5.92 Å². The molecule has 0 bridgehead atoms. The molecule has 148 valence electrons. The molecule has 1 heterocycles. The maximum absolute atomic E-state index is 13.9. The van der Waals surface area contributed by atoms with Crippen LogP contribution in [0.25, 0.3) is 11.0 Å². The standard InChI is InChI=1S/C21H22F2N2O2S/c1-21(22,23)16-12-19(26)27-18-10-8-14(11-15(16)18)25-20(28)17(24)9-7-13-5-3-2-4-6-13/h5,8,10-12,24H,2-4,6-7,9H2,1H3,(H,25,28). The third-order valence-corrected chi connectivity index (χ3v) is 5.18. The number of nitrogens with one attached hydrogen (secondary N) is 2. The van der Waals surface area contributed by atoms with Crippen LogP contribution < -0.4 is 10.9 Å². The van der Waals surface area contributed by atoms with E-state index in [1.54, 1.807) is 6.07 Å². The van der Waals surface area contributed by atoms with E-state index in [-0.39, 0.29) is 16.0 Å². The van der Waals surface area contributed by atoms with Gasteiger partial charge in [-0.2, -0.15) is 0 Å². The molecule has 1 aromatic heterocycles. The summed E-state index contributed by atoms with van der Waals surface area (Å²) in [7, 11) is 0. The smallest absolute Gasteiger partial charge is 0.336 e. The van der Waals surface area contributed by atoms with E-state index in [0.717, 1.165) is 32.3 Å². The van der Waals surface area contributed by atoms with E-state index in [4.69, 9.17) is 22.0 Å². The largest absolute Gasteiger partial charge is 0.423 e. The molecule has 0 aliphatic heterocycles. The van der Waals surface area contributed by atoms with Crippen molar-refractivity contribution in [3.05, 3.63) is 51.9 Å². The number of fused-ring (bicyclic) bond motifs is 1. The minimum atomic E-state index is -3.19. The van der Waals surface area contributed by atoms with Crippen LogP contribution >= 0.6 is 12.2 Å². The number of hydrogen-bond donors (Lipinski definition) is 2. The number of anilines is 1. The predicted octanol–water partition coefficient (Wildman–Crippen LogP) is 5.94. The van der Waals surface area contributed by atoms with Gasteiger partial charge in [-0.1, -0.05) is 23.9 Å². The predicted molar refractivity (Wildman–Crippen MR) is 112 cm³/mol. The van der Waals surface area contributed by atoms with Gasteiger partial charge in [-0.15, -0.1) is 0 Å². The summed E-state index contributed by atoms with van der Waals surface area (Å²) >= 11 is 5.30. The van der Waals surface area contributed by atoms with E-state index < -0.39 is 17.1 Å². The Balaban J connectivity index is 1.75. The summed E-state index contributed by atoms with van der Waals surface area (Å²) in [5.74, 6) is -3.19. The Bertz CT molecular complexity index is 1010. The minimum absolute atomic E-state index is 0.0832. The van der Waals surface area contributed by atoms with E-state index in [9.17, 15) is 13.6 Å². The van der Waals surface area contributed by atoms with Gasteiger partial charge in [0, 0.05) is 29.6 Å². The zero-order chi connectivity index (χ0) is 20.3.